The number of hydrogen-bond donors (Lipinski definition) is 1. The molecular weight excluding hydrogens is 382 g/mol. The van der Waals surface area contributed by atoms with Crippen LogP contribution in [0, 0.1) is 0 Å². The number of rotatable bonds is 5. The van der Waals surface area contributed by atoms with Crippen LogP contribution in [0.25, 0.3) is 11.3 Å². The Hall–Kier alpha value is -3.07. The molecule has 0 spiro atoms. The maximum Gasteiger partial charge on any atom is 0.292 e. The smallest absolute Gasteiger partial charge is 0.292 e. The quantitative estimate of drug-likeness (QED) is 0.705. The second kappa shape index (κ2) is 7.16. The Bertz CT molecular complexity index is 1090. The number of nitrogens with zero attached hydrogens (tertiary/aromatic N) is 2. The van der Waals surface area contributed by atoms with Gasteiger partial charge in [0.25, 0.3) is 5.91 Å². The van der Waals surface area contributed by atoms with Crippen molar-refractivity contribution in [3.8, 4) is 17.0 Å². The van der Waals surface area contributed by atoms with E-state index in [-0.39, 0.29) is 23.3 Å². The van der Waals surface area contributed by atoms with Crippen LogP contribution >= 0.6 is 0 Å². The van der Waals surface area contributed by atoms with Gasteiger partial charge in [0.05, 0.1) is 36.6 Å². The highest BCUT2D eigenvalue weighted by Gasteiger charge is 2.32. The zero-order valence-electron chi connectivity index (χ0n) is 15.2. The van der Waals surface area contributed by atoms with E-state index >= 15 is 0 Å². The molecular formula is C19H19N3O5S. The molecule has 3 heterocycles. The van der Waals surface area contributed by atoms with Crippen molar-refractivity contribution >= 4 is 21.6 Å². The van der Waals surface area contributed by atoms with E-state index in [0.29, 0.717) is 17.9 Å². The summed E-state index contributed by atoms with van der Waals surface area (Å²) in [6.45, 7) is 0. The lowest BCUT2D eigenvalue weighted by Gasteiger charge is -2.13. The summed E-state index contributed by atoms with van der Waals surface area (Å²) in [7, 11) is -1.52. The zero-order valence-corrected chi connectivity index (χ0v) is 16.0. The van der Waals surface area contributed by atoms with Gasteiger partial charge in [-0.05, 0) is 42.8 Å². The van der Waals surface area contributed by atoms with Crippen LogP contribution in [0.5, 0.6) is 5.75 Å². The Kier molecular flexibility index (Phi) is 4.68. The molecule has 28 heavy (non-hydrogen) atoms. The number of carbonyl (C=O) groups is 1. The molecule has 1 atom stereocenters. The van der Waals surface area contributed by atoms with Crippen molar-refractivity contribution in [1.82, 2.24) is 9.78 Å². The van der Waals surface area contributed by atoms with E-state index in [1.807, 2.05) is 24.3 Å². The minimum atomic E-state index is -3.11. The summed E-state index contributed by atoms with van der Waals surface area (Å²) in [5.74, 6) is 0.998. The second-order valence-electron chi connectivity index (χ2n) is 6.58. The van der Waals surface area contributed by atoms with Crippen LogP contribution in [0.2, 0.25) is 0 Å². The van der Waals surface area contributed by atoms with Crippen molar-refractivity contribution in [2.45, 2.75) is 12.5 Å². The first-order valence-electron chi connectivity index (χ1n) is 8.74. The van der Waals surface area contributed by atoms with Gasteiger partial charge in [-0.3, -0.25) is 4.79 Å². The monoisotopic (exact) mass is 401 g/mol. The van der Waals surface area contributed by atoms with Crippen molar-refractivity contribution in [1.29, 1.82) is 0 Å². The SMILES string of the molecule is COc1ccc(-c2cc(NC(=O)c3ccco3)n([C@@H]3CCS(=O)(=O)C3)n2)cc1. The van der Waals surface area contributed by atoms with E-state index in [1.54, 1.807) is 30.0 Å². The lowest BCUT2D eigenvalue weighted by atomic mass is 10.1. The lowest BCUT2D eigenvalue weighted by Crippen LogP contribution is -2.19. The average molecular weight is 401 g/mol. The summed E-state index contributed by atoms with van der Waals surface area (Å²) in [6.07, 6.45) is 1.87. The van der Waals surface area contributed by atoms with Crippen molar-refractivity contribution in [3.63, 3.8) is 0 Å². The molecule has 1 aliphatic heterocycles. The molecule has 0 saturated carbocycles. The third-order valence-electron chi connectivity index (χ3n) is 4.66. The summed E-state index contributed by atoms with van der Waals surface area (Å²) in [5, 5.41) is 7.36. The molecule has 0 bridgehead atoms. The van der Waals surface area contributed by atoms with E-state index in [4.69, 9.17) is 9.15 Å². The number of ether oxygens (including phenoxy) is 1. The van der Waals surface area contributed by atoms with Gasteiger partial charge in [-0.1, -0.05) is 0 Å². The number of furan rings is 1. The average Bonchev–Trinajstić information content (AvgIpc) is 3.41. The molecule has 1 N–H and O–H groups in total. The molecule has 3 aromatic rings. The number of methoxy groups -OCH3 is 1. The summed E-state index contributed by atoms with van der Waals surface area (Å²) in [6, 6.07) is 11.9. The summed E-state index contributed by atoms with van der Waals surface area (Å²) in [4.78, 5) is 12.4. The summed E-state index contributed by atoms with van der Waals surface area (Å²) < 4.78 is 35.7. The number of carbonyl (C=O) groups excluding carboxylic acids is 1. The first-order chi connectivity index (χ1) is 13.4. The van der Waals surface area contributed by atoms with Crippen molar-refractivity contribution < 1.29 is 22.4 Å². The van der Waals surface area contributed by atoms with Crippen LogP contribution in [0.4, 0.5) is 5.82 Å². The van der Waals surface area contributed by atoms with Gasteiger partial charge in [-0.15, -0.1) is 0 Å². The molecule has 0 unspecified atom stereocenters. The van der Waals surface area contributed by atoms with E-state index in [1.165, 1.54) is 6.26 Å². The molecule has 1 aromatic carbocycles. The van der Waals surface area contributed by atoms with Gasteiger partial charge in [0, 0.05) is 11.6 Å². The van der Waals surface area contributed by atoms with E-state index in [0.717, 1.165) is 11.3 Å². The minimum Gasteiger partial charge on any atom is -0.497 e. The highest BCUT2D eigenvalue weighted by atomic mass is 32.2. The Labute approximate surface area is 162 Å². The number of sulfone groups is 1. The fraction of sp³-hybridized carbons (Fsp3) is 0.263. The third kappa shape index (κ3) is 3.65. The van der Waals surface area contributed by atoms with Crippen LogP contribution in [0.3, 0.4) is 0 Å². The Morgan fingerprint density at radius 2 is 2.07 bits per heavy atom. The number of amides is 1. The summed E-state index contributed by atoms with van der Waals surface area (Å²) >= 11 is 0. The predicted molar refractivity (Wildman–Crippen MR) is 103 cm³/mol. The van der Waals surface area contributed by atoms with Gasteiger partial charge in [0.1, 0.15) is 11.6 Å². The topological polar surface area (TPSA) is 103 Å². The van der Waals surface area contributed by atoms with E-state index < -0.39 is 15.7 Å². The normalized spacial score (nSPS) is 18.1. The third-order valence-corrected chi connectivity index (χ3v) is 6.41. The highest BCUT2D eigenvalue weighted by molar-refractivity contribution is 7.91. The number of anilines is 1. The van der Waals surface area contributed by atoms with Crippen LogP contribution < -0.4 is 10.1 Å². The molecule has 8 nitrogen and oxygen atoms in total. The first kappa shape index (κ1) is 18.3. The van der Waals surface area contributed by atoms with Gasteiger partial charge in [0.2, 0.25) is 0 Å². The predicted octanol–water partition coefficient (Wildman–Crippen LogP) is 2.76. The number of benzene rings is 1. The molecule has 2 aromatic heterocycles. The lowest BCUT2D eigenvalue weighted by molar-refractivity contribution is 0.0995. The Morgan fingerprint density at radius 3 is 2.68 bits per heavy atom. The Morgan fingerprint density at radius 1 is 1.29 bits per heavy atom. The van der Waals surface area contributed by atoms with Crippen LogP contribution in [0.1, 0.15) is 23.0 Å². The van der Waals surface area contributed by atoms with Crippen LogP contribution in [0.15, 0.2) is 53.1 Å². The van der Waals surface area contributed by atoms with Crippen molar-refractivity contribution in [3.05, 3.63) is 54.5 Å². The van der Waals surface area contributed by atoms with Crippen molar-refractivity contribution in [2.75, 3.05) is 23.9 Å². The highest BCUT2D eigenvalue weighted by Crippen LogP contribution is 2.31. The van der Waals surface area contributed by atoms with Gasteiger partial charge in [-0.2, -0.15) is 5.10 Å². The fourth-order valence-electron chi connectivity index (χ4n) is 3.22. The molecule has 1 saturated heterocycles. The maximum absolute atomic E-state index is 12.4. The number of hydrogen-bond acceptors (Lipinski definition) is 6. The molecule has 1 fully saturated rings. The Balaban J connectivity index is 1.69. The maximum atomic E-state index is 12.4. The molecule has 146 valence electrons. The van der Waals surface area contributed by atoms with Crippen molar-refractivity contribution in [2.24, 2.45) is 0 Å². The fourth-order valence-corrected chi connectivity index (χ4v) is 4.91. The van der Waals surface area contributed by atoms with E-state index in [2.05, 4.69) is 10.4 Å². The molecule has 9 heteroatoms. The molecule has 4 rings (SSSR count). The zero-order chi connectivity index (χ0) is 19.7. The van der Waals surface area contributed by atoms with Gasteiger partial charge in [0.15, 0.2) is 15.6 Å². The molecule has 1 amide bonds. The molecule has 0 radical (unpaired) electrons. The van der Waals surface area contributed by atoms with E-state index in [9.17, 15) is 13.2 Å². The second-order valence-corrected chi connectivity index (χ2v) is 8.80. The molecule has 1 aliphatic rings. The molecule has 0 aliphatic carbocycles. The largest absolute Gasteiger partial charge is 0.497 e. The standard InChI is InChI=1S/C19H19N3O5S/c1-26-15-6-4-13(5-7-15)16-11-18(20-19(23)17-3-2-9-27-17)22(21-16)14-8-10-28(24,25)12-14/h2-7,9,11,14H,8,10,12H2,1H3,(H,20,23)/t14-/m1/s1. The summed E-state index contributed by atoms with van der Waals surface area (Å²) in [5.41, 5.74) is 1.45. The number of nitrogens with one attached hydrogen (secondary N) is 1. The van der Waals surface area contributed by atoms with Gasteiger partial charge >= 0.3 is 0 Å². The van der Waals surface area contributed by atoms with Crippen LogP contribution in [-0.4, -0.2) is 42.7 Å². The van der Waals surface area contributed by atoms with Gasteiger partial charge in [-0.25, -0.2) is 13.1 Å². The number of aromatic nitrogens is 2. The van der Waals surface area contributed by atoms with Gasteiger partial charge < -0.3 is 14.5 Å². The minimum absolute atomic E-state index is 0.000352. The first-order valence-corrected chi connectivity index (χ1v) is 10.6. The van der Waals surface area contributed by atoms with Crippen LogP contribution in [-0.2, 0) is 9.84 Å².